The van der Waals surface area contributed by atoms with Crippen molar-refractivity contribution < 1.29 is 9.53 Å². The van der Waals surface area contributed by atoms with Crippen molar-refractivity contribution >= 4 is 23.4 Å². The number of rotatable bonds is 4. The van der Waals surface area contributed by atoms with Gasteiger partial charge in [0.2, 0.25) is 5.91 Å². The van der Waals surface area contributed by atoms with Crippen LogP contribution in [0.2, 0.25) is 0 Å². The number of anilines is 1. The van der Waals surface area contributed by atoms with E-state index < -0.39 is 0 Å². The zero-order chi connectivity index (χ0) is 12.9. The summed E-state index contributed by atoms with van der Waals surface area (Å²) in [4.78, 5) is 15.7. The van der Waals surface area contributed by atoms with Crippen molar-refractivity contribution in [3.63, 3.8) is 0 Å². The van der Waals surface area contributed by atoms with Crippen molar-refractivity contribution in [3.8, 4) is 5.75 Å². The molecule has 1 amide bonds. The SMILES string of the molecule is COc1ccncc1NC(=O)CSC(C)(C)C. The Morgan fingerprint density at radius 2 is 2.24 bits per heavy atom. The normalized spacial score (nSPS) is 11.1. The number of carbonyl (C=O) groups is 1. The first kappa shape index (κ1) is 13.8. The van der Waals surface area contributed by atoms with E-state index in [0.717, 1.165) is 0 Å². The quantitative estimate of drug-likeness (QED) is 0.897. The Kier molecular flexibility index (Phi) is 4.81. The fraction of sp³-hybridized carbons (Fsp3) is 0.500. The third-order valence-corrected chi connectivity index (χ3v) is 3.18. The fourth-order valence-electron chi connectivity index (χ4n) is 1.12. The highest BCUT2D eigenvalue weighted by Crippen LogP contribution is 2.25. The molecule has 0 aliphatic carbocycles. The van der Waals surface area contributed by atoms with Gasteiger partial charge in [-0.15, -0.1) is 11.8 Å². The van der Waals surface area contributed by atoms with Gasteiger partial charge in [-0.25, -0.2) is 0 Å². The van der Waals surface area contributed by atoms with Gasteiger partial charge in [-0.3, -0.25) is 9.78 Å². The maximum absolute atomic E-state index is 11.7. The van der Waals surface area contributed by atoms with Crippen LogP contribution in [0.5, 0.6) is 5.75 Å². The second-order valence-corrected chi connectivity index (χ2v) is 6.33. The molecule has 94 valence electrons. The Morgan fingerprint density at radius 1 is 1.53 bits per heavy atom. The molecule has 0 unspecified atom stereocenters. The van der Waals surface area contributed by atoms with Gasteiger partial charge in [0.05, 0.1) is 19.1 Å². The Bertz CT molecular complexity index is 388. The minimum atomic E-state index is -0.0452. The number of hydrogen-bond donors (Lipinski definition) is 1. The van der Waals surface area contributed by atoms with Crippen molar-refractivity contribution in [2.45, 2.75) is 25.5 Å². The van der Waals surface area contributed by atoms with Crippen LogP contribution >= 0.6 is 11.8 Å². The third kappa shape index (κ3) is 5.08. The van der Waals surface area contributed by atoms with E-state index in [1.807, 2.05) is 0 Å². The Morgan fingerprint density at radius 3 is 2.82 bits per heavy atom. The smallest absolute Gasteiger partial charge is 0.234 e. The summed E-state index contributed by atoms with van der Waals surface area (Å²) in [5, 5.41) is 2.79. The molecular weight excluding hydrogens is 236 g/mol. The topological polar surface area (TPSA) is 51.2 Å². The summed E-state index contributed by atoms with van der Waals surface area (Å²) in [5.74, 6) is 0.993. The first-order chi connectivity index (χ1) is 7.92. The molecule has 0 aliphatic rings. The van der Waals surface area contributed by atoms with Crippen LogP contribution in [-0.2, 0) is 4.79 Å². The monoisotopic (exact) mass is 254 g/mol. The summed E-state index contributed by atoms with van der Waals surface area (Å²) in [6.07, 6.45) is 3.21. The van der Waals surface area contributed by atoms with Crippen LogP contribution in [0.1, 0.15) is 20.8 Å². The minimum absolute atomic E-state index is 0.0452. The first-order valence-electron chi connectivity index (χ1n) is 5.34. The molecule has 17 heavy (non-hydrogen) atoms. The number of aromatic nitrogens is 1. The maximum Gasteiger partial charge on any atom is 0.234 e. The van der Waals surface area contributed by atoms with Gasteiger partial charge in [0.25, 0.3) is 0 Å². The van der Waals surface area contributed by atoms with Crippen LogP contribution in [0.4, 0.5) is 5.69 Å². The van der Waals surface area contributed by atoms with E-state index in [4.69, 9.17) is 4.74 Å². The van der Waals surface area contributed by atoms with E-state index in [1.54, 1.807) is 37.3 Å². The Labute approximate surface area is 106 Å². The average Bonchev–Trinajstić information content (AvgIpc) is 2.26. The number of nitrogens with one attached hydrogen (secondary N) is 1. The number of nitrogens with zero attached hydrogens (tertiary/aromatic N) is 1. The van der Waals surface area contributed by atoms with Crippen LogP contribution in [0.15, 0.2) is 18.5 Å². The molecule has 1 aromatic heterocycles. The van der Waals surface area contributed by atoms with Crippen LogP contribution in [-0.4, -0.2) is 28.5 Å². The molecule has 0 atom stereocenters. The van der Waals surface area contributed by atoms with Gasteiger partial charge in [-0.1, -0.05) is 20.8 Å². The summed E-state index contributed by atoms with van der Waals surface area (Å²) in [5.41, 5.74) is 0.606. The van der Waals surface area contributed by atoms with E-state index >= 15 is 0 Å². The van der Waals surface area contributed by atoms with Gasteiger partial charge >= 0.3 is 0 Å². The molecule has 0 radical (unpaired) electrons. The molecule has 4 nitrogen and oxygen atoms in total. The lowest BCUT2D eigenvalue weighted by atomic mass is 10.3. The second kappa shape index (κ2) is 5.91. The molecule has 0 spiro atoms. The predicted octanol–water partition coefficient (Wildman–Crippen LogP) is 2.56. The maximum atomic E-state index is 11.7. The van der Waals surface area contributed by atoms with Crippen LogP contribution < -0.4 is 10.1 Å². The second-order valence-electron chi connectivity index (χ2n) is 4.53. The van der Waals surface area contributed by atoms with Crippen molar-refractivity contribution in [1.29, 1.82) is 0 Å². The van der Waals surface area contributed by atoms with Crippen molar-refractivity contribution in [3.05, 3.63) is 18.5 Å². The van der Waals surface area contributed by atoms with E-state index in [0.29, 0.717) is 17.2 Å². The molecule has 0 bridgehead atoms. The lowest BCUT2D eigenvalue weighted by Gasteiger charge is -2.17. The molecular formula is C12H18N2O2S. The number of ether oxygens (including phenoxy) is 1. The van der Waals surface area contributed by atoms with E-state index in [2.05, 4.69) is 31.1 Å². The van der Waals surface area contributed by atoms with Crippen molar-refractivity contribution in [1.82, 2.24) is 4.98 Å². The highest BCUT2D eigenvalue weighted by molar-refractivity contribution is 8.01. The van der Waals surface area contributed by atoms with Gasteiger partial charge in [-0.2, -0.15) is 0 Å². The van der Waals surface area contributed by atoms with Crippen LogP contribution in [0, 0.1) is 0 Å². The van der Waals surface area contributed by atoms with E-state index in [9.17, 15) is 4.79 Å². The van der Waals surface area contributed by atoms with Gasteiger partial charge in [0, 0.05) is 17.0 Å². The predicted molar refractivity (Wildman–Crippen MR) is 71.6 cm³/mol. The van der Waals surface area contributed by atoms with Crippen molar-refractivity contribution in [2.75, 3.05) is 18.2 Å². The summed E-state index contributed by atoms with van der Waals surface area (Å²) < 4.78 is 5.21. The number of pyridine rings is 1. The fourth-order valence-corrected chi connectivity index (χ4v) is 1.76. The van der Waals surface area contributed by atoms with E-state index in [-0.39, 0.29) is 10.7 Å². The van der Waals surface area contributed by atoms with Gasteiger partial charge < -0.3 is 10.1 Å². The van der Waals surface area contributed by atoms with Crippen LogP contribution in [0.3, 0.4) is 0 Å². The van der Waals surface area contributed by atoms with Gasteiger partial charge in [0.1, 0.15) is 11.4 Å². The molecule has 0 saturated carbocycles. The Hall–Kier alpha value is -1.23. The number of carbonyl (C=O) groups excluding carboxylic acids is 1. The average molecular weight is 254 g/mol. The summed E-state index contributed by atoms with van der Waals surface area (Å²) >= 11 is 1.60. The van der Waals surface area contributed by atoms with Gasteiger partial charge in [0.15, 0.2) is 0 Å². The number of hydrogen-bond acceptors (Lipinski definition) is 4. The first-order valence-corrected chi connectivity index (χ1v) is 6.33. The highest BCUT2D eigenvalue weighted by Gasteiger charge is 2.14. The highest BCUT2D eigenvalue weighted by atomic mass is 32.2. The zero-order valence-electron chi connectivity index (χ0n) is 10.6. The van der Waals surface area contributed by atoms with Gasteiger partial charge in [-0.05, 0) is 0 Å². The molecule has 0 fully saturated rings. The third-order valence-electron chi connectivity index (χ3n) is 1.91. The summed E-state index contributed by atoms with van der Waals surface area (Å²) in [6, 6.07) is 1.71. The molecule has 1 N–H and O–H groups in total. The largest absolute Gasteiger partial charge is 0.494 e. The molecule has 1 heterocycles. The molecule has 0 aromatic carbocycles. The van der Waals surface area contributed by atoms with E-state index in [1.165, 1.54) is 0 Å². The molecule has 0 aliphatic heterocycles. The molecule has 0 saturated heterocycles. The molecule has 1 aromatic rings. The number of methoxy groups -OCH3 is 1. The summed E-state index contributed by atoms with van der Waals surface area (Å²) in [7, 11) is 1.56. The summed E-state index contributed by atoms with van der Waals surface area (Å²) in [6.45, 7) is 6.24. The molecule has 1 rings (SSSR count). The zero-order valence-corrected chi connectivity index (χ0v) is 11.4. The van der Waals surface area contributed by atoms with Crippen molar-refractivity contribution in [2.24, 2.45) is 0 Å². The lowest BCUT2D eigenvalue weighted by molar-refractivity contribution is -0.113. The lowest BCUT2D eigenvalue weighted by Crippen LogP contribution is -2.19. The van der Waals surface area contributed by atoms with Crippen LogP contribution in [0.25, 0.3) is 0 Å². The molecule has 5 heteroatoms. The number of amides is 1. The number of thioether (sulfide) groups is 1. The Balaban J connectivity index is 2.56. The minimum Gasteiger partial charge on any atom is -0.494 e. The standard InChI is InChI=1S/C12H18N2O2S/c1-12(2,3)17-8-11(15)14-9-7-13-6-5-10(9)16-4/h5-7H,8H2,1-4H3,(H,14,15).